The van der Waals surface area contributed by atoms with Gasteiger partial charge >= 0.3 is 5.97 Å². The van der Waals surface area contributed by atoms with Crippen LogP contribution >= 0.6 is 0 Å². The first-order chi connectivity index (χ1) is 13.1. The van der Waals surface area contributed by atoms with Crippen LogP contribution in [0.25, 0.3) is 0 Å². The van der Waals surface area contributed by atoms with E-state index >= 15 is 0 Å². The van der Waals surface area contributed by atoms with Gasteiger partial charge in [-0.15, -0.1) is 0 Å². The highest BCUT2D eigenvalue weighted by Crippen LogP contribution is 2.32. The third-order valence-corrected chi connectivity index (χ3v) is 5.56. The summed E-state index contributed by atoms with van der Waals surface area (Å²) in [6.45, 7) is 5.56. The second-order valence-corrected chi connectivity index (χ2v) is 7.62. The van der Waals surface area contributed by atoms with Crippen molar-refractivity contribution in [1.82, 2.24) is 19.7 Å². The number of methoxy groups -OCH3 is 1. The Hall–Kier alpha value is -2.41. The number of aromatic nitrogens is 3. The number of carbonyl (C=O) groups excluding carboxylic acids is 1. The van der Waals surface area contributed by atoms with Gasteiger partial charge in [-0.1, -0.05) is 0 Å². The molecule has 0 bridgehead atoms. The summed E-state index contributed by atoms with van der Waals surface area (Å²) < 4.78 is 6.94. The van der Waals surface area contributed by atoms with Crippen molar-refractivity contribution in [2.75, 3.05) is 32.1 Å². The zero-order valence-electron chi connectivity index (χ0n) is 16.0. The maximum Gasteiger partial charge on any atom is 0.340 e. The van der Waals surface area contributed by atoms with E-state index in [0.29, 0.717) is 17.3 Å². The second-order valence-electron chi connectivity index (χ2n) is 7.62. The molecule has 7 heteroatoms. The summed E-state index contributed by atoms with van der Waals surface area (Å²) in [5.41, 5.74) is 2.91. The lowest BCUT2D eigenvalue weighted by atomic mass is 10.1. The first kappa shape index (κ1) is 18.0. The van der Waals surface area contributed by atoms with E-state index in [1.165, 1.54) is 26.5 Å². The van der Waals surface area contributed by atoms with Crippen LogP contribution in [0.3, 0.4) is 0 Å². The van der Waals surface area contributed by atoms with Crippen LogP contribution in [0.2, 0.25) is 0 Å². The summed E-state index contributed by atoms with van der Waals surface area (Å²) in [5, 5.41) is 8.02. The maximum absolute atomic E-state index is 12.0. The van der Waals surface area contributed by atoms with Gasteiger partial charge in [0.2, 0.25) is 0 Å². The number of hydrogen-bond acceptors (Lipinski definition) is 6. The molecule has 2 aliphatic rings. The predicted octanol–water partition coefficient (Wildman–Crippen LogP) is 3.16. The molecule has 7 nitrogen and oxygen atoms in total. The summed E-state index contributed by atoms with van der Waals surface area (Å²) in [6.07, 6.45) is 10.4. The quantitative estimate of drug-likeness (QED) is 0.789. The molecule has 144 valence electrons. The van der Waals surface area contributed by atoms with Crippen molar-refractivity contribution >= 4 is 17.3 Å². The number of carbonyl (C=O) groups is 1. The molecule has 1 N–H and O–H groups in total. The molecular weight excluding hydrogens is 342 g/mol. The highest BCUT2D eigenvalue weighted by molar-refractivity contribution is 5.96. The van der Waals surface area contributed by atoms with Crippen LogP contribution in [0.1, 0.15) is 47.8 Å². The molecular formula is C20H27N5O2. The molecule has 1 saturated heterocycles. The Bertz CT molecular complexity index is 806. The van der Waals surface area contributed by atoms with E-state index in [1.807, 2.05) is 13.1 Å². The smallest absolute Gasteiger partial charge is 0.340 e. The molecule has 2 aromatic rings. The fourth-order valence-corrected chi connectivity index (χ4v) is 3.75. The summed E-state index contributed by atoms with van der Waals surface area (Å²) in [5.74, 6) is 0.570. The minimum atomic E-state index is -0.382. The van der Waals surface area contributed by atoms with E-state index in [1.54, 1.807) is 18.5 Å². The van der Waals surface area contributed by atoms with Crippen LogP contribution < -0.4 is 5.32 Å². The minimum Gasteiger partial charge on any atom is -0.465 e. The highest BCUT2D eigenvalue weighted by Gasteiger charge is 2.28. The largest absolute Gasteiger partial charge is 0.465 e. The topological polar surface area (TPSA) is 72.3 Å². The van der Waals surface area contributed by atoms with Gasteiger partial charge in [-0.2, -0.15) is 5.10 Å². The molecule has 27 heavy (non-hydrogen) atoms. The standard InChI is InChI=1S/C20H27N5O2/c1-14-19(22-18-11-21-8-5-17(18)20(26)27-2)13-25(23-14)16-6-9-24(10-7-16)12-15-3-4-15/h5,8,11,13,15-16,22H,3-4,6-7,9-10,12H2,1-2H3. The summed E-state index contributed by atoms with van der Waals surface area (Å²) in [4.78, 5) is 18.7. The van der Waals surface area contributed by atoms with Crippen molar-refractivity contribution in [2.45, 2.75) is 38.6 Å². The lowest BCUT2D eigenvalue weighted by Gasteiger charge is -2.32. The molecule has 0 spiro atoms. The molecule has 0 atom stereocenters. The number of nitrogens with zero attached hydrogens (tertiary/aromatic N) is 4. The number of pyridine rings is 1. The van der Waals surface area contributed by atoms with Gasteiger partial charge < -0.3 is 15.0 Å². The van der Waals surface area contributed by atoms with E-state index in [-0.39, 0.29) is 5.97 Å². The van der Waals surface area contributed by atoms with Crippen LogP contribution in [0.15, 0.2) is 24.7 Å². The van der Waals surface area contributed by atoms with Gasteiger partial charge in [0, 0.05) is 32.0 Å². The molecule has 3 heterocycles. The zero-order chi connectivity index (χ0) is 18.8. The number of rotatable bonds is 6. The number of hydrogen-bond donors (Lipinski definition) is 1. The molecule has 2 aromatic heterocycles. The number of likely N-dealkylation sites (tertiary alicyclic amines) is 1. The van der Waals surface area contributed by atoms with Crippen LogP contribution in [0.4, 0.5) is 11.4 Å². The Kier molecular flexibility index (Phi) is 5.11. The van der Waals surface area contributed by atoms with Gasteiger partial charge in [0.25, 0.3) is 0 Å². The number of piperidine rings is 1. The summed E-state index contributed by atoms with van der Waals surface area (Å²) in [7, 11) is 1.38. The highest BCUT2D eigenvalue weighted by atomic mass is 16.5. The number of esters is 1. The fourth-order valence-electron chi connectivity index (χ4n) is 3.75. The average molecular weight is 369 g/mol. The van der Waals surface area contributed by atoms with Gasteiger partial charge in [-0.05, 0) is 44.6 Å². The Morgan fingerprint density at radius 1 is 1.26 bits per heavy atom. The first-order valence-corrected chi connectivity index (χ1v) is 9.71. The molecule has 0 aromatic carbocycles. The normalized spacial score (nSPS) is 18.4. The molecule has 1 aliphatic carbocycles. The van der Waals surface area contributed by atoms with Gasteiger partial charge in [-0.3, -0.25) is 9.67 Å². The molecule has 0 unspecified atom stereocenters. The first-order valence-electron chi connectivity index (χ1n) is 9.71. The monoisotopic (exact) mass is 369 g/mol. The Morgan fingerprint density at radius 3 is 2.74 bits per heavy atom. The van der Waals surface area contributed by atoms with Crippen LogP contribution in [-0.2, 0) is 4.74 Å². The second kappa shape index (κ2) is 7.68. The molecule has 4 rings (SSSR count). The lowest BCUT2D eigenvalue weighted by molar-refractivity contribution is 0.0602. The molecule has 1 aliphatic heterocycles. The van der Waals surface area contributed by atoms with Crippen LogP contribution in [-0.4, -0.2) is 52.4 Å². The maximum atomic E-state index is 12.0. The molecule has 1 saturated carbocycles. The predicted molar refractivity (Wildman–Crippen MR) is 103 cm³/mol. The van der Waals surface area contributed by atoms with E-state index in [2.05, 4.69) is 19.9 Å². The van der Waals surface area contributed by atoms with Gasteiger partial charge in [0.05, 0.1) is 42.0 Å². The Morgan fingerprint density at radius 2 is 2.04 bits per heavy atom. The lowest BCUT2D eigenvalue weighted by Crippen LogP contribution is -2.36. The van der Waals surface area contributed by atoms with E-state index < -0.39 is 0 Å². The average Bonchev–Trinajstić information content (AvgIpc) is 3.44. The van der Waals surface area contributed by atoms with E-state index in [0.717, 1.165) is 43.2 Å². The number of aryl methyl sites for hydroxylation is 1. The van der Waals surface area contributed by atoms with E-state index in [4.69, 9.17) is 9.84 Å². The number of anilines is 2. The number of nitrogens with one attached hydrogen (secondary N) is 1. The third-order valence-electron chi connectivity index (χ3n) is 5.56. The fraction of sp³-hybridized carbons (Fsp3) is 0.550. The molecule has 2 fully saturated rings. The van der Waals surface area contributed by atoms with Gasteiger partial charge in [0.1, 0.15) is 0 Å². The van der Waals surface area contributed by atoms with Gasteiger partial charge in [0.15, 0.2) is 0 Å². The van der Waals surface area contributed by atoms with Crippen molar-refractivity contribution in [3.05, 3.63) is 35.9 Å². The van der Waals surface area contributed by atoms with E-state index in [9.17, 15) is 4.79 Å². The van der Waals surface area contributed by atoms with Crippen molar-refractivity contribution in [2.24, 2.45) is 5.92 Å². The third kappa shape index (κ3) is 4.13. The van der Waals surface area contributed by atoms with Crippen LogP contribution in [0.5, 0.6) is 0 Å². The van der Waals surface area contributed by atoms with Crippen molar-refractivity contribution in [3.8, 4) is 0 Å². The number of ether oxygens (including phenoxy) is 1. The van der Waals surface area contributed by atoms with Crippen molar-refractivity contribution in [3.63, 3.8) is 0 Å². The summed E-state index contributed by atoms with van der Waals surface area (Å²) in [6, 6.07) is 2.09. The summed E-state index contributed by atoms with van der Waals surface area (Å²) >= 11 is 0. The minimum absolute atomic E-state index is 0.382. The van der Waals surface area contributed by atoms with Crippen LogP contribution in [0, 0.1) is 12.8 Å². The zero-order valence-corrected chi connectivity index (χ0v) is 16.0. The SMILES string of the molecule is COC(=O)c1ccncc1Nc1cn(C2CCN(CC3CC3)CC2)nc1C. The van der Waals surface area contributed by atoms with Crippen molar-refractivity contribution in [1.29, 1.82) is 0 Å². The molecule has 0 radical (unpaired) electrons. The Balaban J connectivity index is 1.44. The van der Waals surface area contributed by atoms with Gasteiger partial charge in [-0.25, -0.2) is 4.79 Å². The Labute approximate surface area is 159 Å². The van der Waals surface area contributed by atoms with Crippen molar-refractivity contribution < 1.29 is 9.53 Å². The molecule has 0 amide bonds.